The maximum atomic E-state index is 12.7. The predicted molar refractivity (Wildman–Crippen MR) is 37.0 cm³/mol. The first-order valence-electron chi connectivity index (χ1n) is 3.13. The Bertz CT molecular complexity index is 213. The van der Waals surface area contributed by atoms with Crippen molar-refractivity contribution in [2.75, 3.05) is 6.54 Å². The second-order valence-corrected chi connectivity index (χ2v) is 2.01. The van der Waals surface area contributed by atoms with Gasteiger partial charge >= 0.3 is 0 Å². The van der Waals surface area contributed by atoms with Crippen molar-refractivity contribution in [3.63, 3.8) is 0 Å². The van der Waals surface area contributed by atoms with Gasteiger partial charge in [0.25, 0.3) is 0 Å². The predicted octanol–water partition coefficient (Wildman–Crippen LogP) is 0.722. The topological polar surface area (TPSA) is 38.9 Å². The summed E-state index contributed by atoms with van der Waals surface area (Å²) in [4.78, 5) is 3.77. The standard InChI is InChI=1S/C7H9FN2/c8-7-2-4-10-5-6(7)1-3-9/h2,4-5H,1,3,9H2. The molecule has 0 saturated carbocycles. The molecule has 3 heteroatoms. The summed E-state index contributed by atoms with van der Waals surface area (Å²) in [5.41, 5.74) is 5.82. The molecule has 1 aromatic rings. The lowest BCUT2D eigenvalue weighted by Gasteiger charge is -1.97. The van der Waals surface area contributed by atoms with Gasteiger partial charge in [-0.05, 0) is 19.0 Å². The Balaban J connectivity index is 2.81. The van der Waals surface area contributed by atoms with E-state index in [1.165, 1.54) is 18.5 Å². The van der Waals surface area contributed by atoms with E-state index >= 15 is 0 Å². The van der Waals surface area contributed by atoms with Crippen LogP contribution in [0.15, 0.2) is 18.5 Å². The summed E-state index contributed by atoms with van der Waals surface area (Å²) in [6.07, 6.45) is 3.48. The summed E-state index contributed by atoms with van der Waals surface area (Å²) in [6, 6.07) is 1.34. The Morgan fingerprint density at radius 1 is 1.60 bits per heavy atom. The number of pyridine rings is 1. The molecule has 1 rings (SSSR count). The summed E-state index contributed by atoms with van der Waals surface area (Å²) in [5.74, 6) is -0.222. The van der Waals surface area contributed by atoms with Crippen molar-refractivity contribution in [1.82, 2.24) is 4.98 Å². The van der Waals surface area contributed by atoms with Crippen LogP contribution in [0.5, 0.6) is 0 Å². The van der Waals surface area contributed by atoms with E-state index in [-0.39, 0.29) is 5.82 Å². The Labute approximate surface area is 58.9 Å². The van der Waals surface area contributed by atoms with Gasteiger partial charge in [0.15, 0.2) is 0 Å². The van der Waals surface area contributed by atoms with Crippen LogP contribution in [0.25, 0.3) is 0 Å². The molecule has 0 aliphatic heterocycles. The molecule has 1 aromatic heterocycles. The van der Waals surface area contributed by atoms with E-state index in [9.17, 15) is 4.39 Å². The van der Waals surface area contributed by atoms with Gasteiger partial charge in [0.2, 0.25) is 0 Å². The van der Waals surface area contributed by atoms with Crippen molar-refractivity contribution in [1.29, 1.82) is 0 Å². The van der Waals surface area contributed by atoms with Gasteiger partial charge in [-0.1, -0.05) is 0 Å². The maximum Gasteiger partial charge on any atom is 0.129 e. The normalized spacial score (nSPS) is 9.80. The number of nitrogens with two attached hydrogens (primary N) is 1. The molecule has 54 valence electrons. The molecule has 0 aromatic carbocycles. The number of halogens is 1. The average molecular weight is 140 g/mol. The molecule has 0 amide bonds. The number of rotatable bonds is 2. The summed E-state index contributed by atoms with van der Waals surface area (Å²) >= 11 is 0. The molecule has 0 aliphatic carbocycles. The van der Waals surface area contributed by atoms with Gasteiger partial charge in [0.05, 0.1) is 0 Å². The van der Waals surface area contributed by atoms with Gasteiger partial charge < -0.3 is 5.73 Å². The highest BCUT2D eigenvalue weighted by Gasteiger charge is 1.97. The van der Waals surface area contributed by atoms with E-state index in [1.807, 2.05) is 0 Å². The van der Waals surface area contributed by atoms with Crippen LogP contribution in [0, 0.1) is 5.82 Å². The van der Waals surface area contributed by atoms with Crippen LogP contribution in [0.1, 0.15) is 5.56 Å². The molecule has 10 heavy (non-hydrogen) atoms. The Hall–Kier alpha value is -0.960. The van der Waals surface area contributed by atoms with Gasteiger partial charge in [-0.25, -0.2) is 4.39 Å². The first-order valence-corrected chi connectivity index (χ1v) is 3.13. The zero-order chi connectivity index (χ0) is 7.40. The minimum absolute atomic E-state index is 0.222. The second-order valence-electron chi connectivity index (χ2n) is 2.01. The van der Waals surface area contributed by atoms with Crippen molar-refractivity contribution in [2.45, 2.75) is 6.42 Å². The number of hydrogen-bond donors (Lipinski definition) is 1. The van der Waals surface area contributed by atoms with E-state index in [1.54, 1.807) is 0 Å². The fraction of sp³-hybridized carbons (Fsp3) is 0.286. The Morgan fingerprint density at radius 2 is 2.40 bits per heavy atom. The van der Waals surface area contributed by atoms with Gasteiger partial charge in [-0.2, -0.15) is 0 Å². The highest BCUT2D eigenvalue weighted by Crippen LogP contribution is 2.03. The smallest absolute Gasteiger partial charge is 0.129 e. The van der Waals surface area contributed by atoms with E-state index in [4.69, 9.17) is 5.73 Å². The van der Waals surface area contributed by atoms with Crippen molar-refractivity contribution in [2.24, 2.45) is 5.73 Å². The van der Waals surface area contributed by atoms with Crippen molar-refractivity contribution in [3.05, 3.63) is 29.8 Å². The van der Waals surface area contributed by atoms with Crippen molar-refractivity contribution in [3.8, 4) is 0 Å². The van der Waals surface area contributed by atoms with E-state index in [0.29, 0.717) is 18.5 Å². The quantitative estimate of drug-likeness (QED) is 0.657. The summed E-state index contributed by atoms with van der Waals surface area (Å²) in [7, 11) is 0. The highest BCUT2D eigenvalue weighted by molar-refractivity contribution is 5.11. The lowest BCUT2D eigenvalue weighted by atomic mass is 10.2. The lowest BCUT2D eigenvalue weighted by Crippen LogP contribution is -2.04. The Kier molecular flexibility index (Phi) is 2.34. The largest absolute Gasteiger partial charge is 0.330 e. The third-order valence-electron chi connectivity index (χ3n) is 1.26. The van der Waals surface area contributed by atoms with Crippen LogP contribution in [-0.4, -0.2) is 11.5 Å². The molecule has 0 bridgehead atoms. The molecular weight excluding hydrogens is 131 g/mol. The van der Waals surface area contributed by atoms with Gasteiger partial charge in [-0.15, -0.1) is 0 Å². The molecular formula is C7H9FN2. The van der Waals surface area contributed by atoms with E-state index in [0.717, 1.165) is 0 Å². The van der Waals surface area contributed by atoms with Gasteiger partial charge in [0, 0.05) is 18.0 Å². The van der Waals surface area contributed by atoms with Crippen LogP contribution >= 0.6 is 0 Å². The molecule has 1 heterocycles. The molecule has 0 spiro atoms. The van der Waals surface area contributed by atoms with E-state index in [2.05, 4.69) is 4.98 Å². The Morgan fingerprint density at radius 3 is 3.00 bits per heavy atom. The zero-order valence-electron chi connectivity index (χ0n) is 5.55. The zero-order valence-corrected chi connectivity index (χ0v) is 5.55. The van der Waals surface area contributed by atoms with Crippen molar-refractivity contribution >= 4 is 0 Å². The second kappa shape index (κ2) is 3.27. The minimum Gasteiger partial charge on any atom is -0.330 e. The third kappa shape index (κ3) is 1.51. The summed E-state index contributed by atoms with van der Waals surface area (Å²) in [5, 5.41) is 0. The SMILES string of the molecule is NCCc1cnccc1F. The monoisotopic (exact) mass is 140 g/mol. The van der Waals surface area contributed by atoms with Gasteiger partial charge in [-0.3, -0.25) is 4.98 Å². The fourth-order valence-corrected chi connectivity index (χ4v) is 0.750. The molecule has 0 aliphatic rings. The fourth-order valence-electron chi connectivity index (χ4n) is 0.750. The summed E-state index contributed by atoms with van der Waals surface area (Å²) in [6.45, 7) is 0.461. The van der Waals surface area contributed by atoms with Crippen LogP contribution in [0.4, 0.5) is 4.39 Å². The summed E-state index contributed by atoms with van der Waals surface area (Å²) < 4.78 is 12.7. The molecule has 0 atom stereocenters. The van der Waals surface area contributed by atoms with Gasteiger partial charge in [0.1, 0.15) is 5.82 Å². The first-order chi connectivity index (χ1) is 4.84. The molecule has 0 fully saturated rings. The molecule has 2 nitrogen and oxygen atoms in total. The van der Waals surface area contributed by atoms with E-state index < -0.39 is 0 Å². The van der Waals surface area contributed by atoms with Crippen LogP contribution in [0.3, 0.4) is 0 Å². The number of aromatic nitrogens is 1. The lowest BCUT2D eigenvalue weighted by molar-refractivity contribution is 0.606. The third-order valence-corrected chi connectivity index (χ3v) is 1.26. The minimum atomic E-state index is -0.222. The first kappa shape index (κ1) is 7.15. The highest BCUT2D eigenvalue weighted by atomic mass is 19.1. The molecule has 0 unspecified atom stereocenters. The molecule has 2 N–H and O–H groups in total. The molecule has 0 radical (unpaired) electrons. The average Bonchev–Trinajstić information content (AvgIpc) is 1.94. The van der Waals surface area contributed by atoms with Crippen molar-refractivity contribution < 1.29 is 4.39 Å². The maximum absolute atomic E-state index is 12.7. The van der Waals surface area contributed by atoms with Crippen LogP contribution in [0.2, 0.25) is 0 Å². The number of nitrogens with zero attached hydrogens (tertiary/aromatic N) is 1. The van der Waals surface area contributed by atoms with Crippen LogP contribution in [-0.2, 0) is 6.42 Å². The molecule has 0 saturated heterocycles. The number of hydrogen-bond acceptors (Lipinski definition) is 2. The van der Waals surface area contributed by atoms with Crippen LogP contribution < -0.4 is 5.73 Å².